The molecule has 1 heterocycles. The van der Waals surface area contributed by atoms with E-state index in [0.29, 0.717) is 30.3 Å². The third kappa shape index (κ3) is 3.75. The first-order chi connectivity index (χ1) is 9.24. The van der Waals surface area contributed by atoms with Gasteiger partial charge in [-0.1, -0.05) is 18.0 Å². The molecule has 1 aliphatic rings. The minimum atomic E-state index is -0.00439. The number of hydrogen-bond acceptors (Lipinski definition) is 6. The van der Waals surface area contributed by atoms with E-state index in [1.165, 1.54) is 12.8 Å². The largest absolute Gasteiger partial charge is 0.396 e. The van der Waals surface area contributed by atoms with Crippen LogP contribution in [-0.2, 0) is 11.3 Å². The summed E-state index contributed by atoms with van der Waals surface area (Å²) in [7, 11) is 1.60. The van der Waals surface area contributed by atoms with Crippen LogP contribution >= 0.6 is 0 Å². The van der Waals surface area contributed by atoms with Gasteiger partial charge in [0.15, 0.2) is 5.82 Å². The molecule has 108 valence electrons. The van der Waals surface area contributed by atoms with Gasteiger partial charge in [-0.25, -0.2) is 0 Å². The summed E-state index contributed by atoms with van der Waals surface area (Å²) in [6.07, 6.45) is 4.59. The molecule has 0 spiro atoms. The van der Waals surface area contributed by atoms with Gasteiger partial charge in [0.2, 0.25) is 5.89 Å². The highest BCUT2D eigenvalue weighted by Crippen LogP contribution is 2.26. The molecule has 0 saturated heterocycles. The smallest absolute Gasteiger partial charge is 0.243 e. The molecule has 1 saturated carbocycles. The lowest BCUT2D eigenvalue weighted by atomic mass is 9.84. The Morgan fingerprint density at radius 3 is 3.00 bits per heavy atom. The van der Waals surface area contributed by atoms with Gasteiger partial charge in [-0.2, -0.15) is 4.98 Å². The third-order valence-corrected chi connectivity index (χ3v) is 3.74. The van der Waals surface area contributed by atoms with Crippen LogP contribution in [0.4, 0.5) is 0 Å². The summed E-state index contributed by atoms with van der Waals surface area (Å²) in [5, 5.41) is 16.8. The van der Waals surface area contributed by atoms with Crippen molar-refractivity contribution in [3.63, 3.8) is 0 Å². The zero-order valence-corrected chi connectivity index (χ0v) is 11.6. The second-order valence-corrected chi connectivity index (χ2v) is 5.20. The van der Waals surface area contributed by atoms with Crippen LogP contribution in [0.25, 0.3) is 0 Å². The number of aromatic nitrogens is 2. The standard InChI is InChI=1S/C13H23N3O3/c1-9(13-15-12(8-18-2)16-19-13)14-11-6-4-3-5-10(11)7-17/h9-11,14,17H,3-8H2,1-2H3/t9-,10+,11+/m0/s1. The lowest BCUT2D eigenvalue weighted by Crippen LogP contribution is -2.41. The fourth-order valence-electron chi connectivity index (χ4n) is 2.67. The van der Waals surface area contributed by atoms with Gasteiger partial charge >= 0.3 is 0 Å². The maximum absolute atomic E-state index is 9.41. The number of hydrogen-bond donors (Lipinski definition) is 2. The molecule has 0 aromatic carbocycles. The Morgan fingerprint density at radius 1 is 1.47 bits per heavy atom. The highest BCUT2D eigenvalue weighted by atomic mass is 16.5. The molecule has 6 heteroatoms. The number of rotatable bonds is 6. The molecule has 2 rings (SSSR count). The van der Waals surface area contributed by atoms with Gasteiger partial charge in [0.25, 0.3) is 0 Å². The Bertz CT molecular complexity index is 383. The lowest BCUT2D eigenvalue weighted by Gasteiger charge is -2.32. The van der Waals surface area contributed by atoms with E-state index in [1.807, 2.05) is 6.92 Å². The van der Waals surface area contributed by atoms with E-state index in [9.17, 15) is 5.11 Å². The van der Waals surface area contributed by atoms with E-state index < -0.39 is 0 Å². The molecular weight excluding hydrogens is 246 g/mol. The van der Waals surface area contributed by atoms with Crippen LogP contribution in [0, 0.1) is 5.92 Å². The maximum Gasteiger partial charge on any atom is 0.243 e. The summed E-state index contributed by atoms with van der Waals surface area (Å²) in [5.74, 6) is 1.47. The summed E-state index contributed by atoms with van der Waals surface area (Å²) >= 11 is 0. The molecule has 1 aromatic rings. The summed E-state index contributed by atoms with van der Waals surface area (Å²) in [5.41, 5.74) is 0. The molecule has 0 radical (unpaired) electrons. The van der Waals surface area contributed by atoms with Crippen LogP contribution in [0.1, 0.15) is 50.4 Å². The fourth-order valence-corrected chi connectivity index (χ4v) is 2.67. The SMILES string of the molecule is COCc1noc([C@H](C)N[C@@H]2CCCC[C@@H]2CO)n1. The van der Waals surface area contributed by atoms with Crippen molar-refractivity contribution in [2.75, 3.05) is 13.7 Å². The van der Waals surface area contributed by atoms with Gasteiger partial charge in [0.1, 0.15) is 6.61 Å². The normalized spacial score (nSPS) is 25.4. The van der Waals surface area contributed by atoms with Crippen LogP contribution in [0.2, 0.25) is 0 Å². The van der Waals surface area contributed by atoms with Crippen LogP contribution < -0.4 is 5.32 Å². The highest BCUT2D eigenvalue weighted by Gasteiger charge is 2.27. The van der Waals surface area contributed by atoms with E-state index in [2.05, 4.69) is 15.5 Å². The minimum Gasteiger partial charge on any atom is -0.396 e. The minimum absolute atomic E-state index is 0.00439. The Balaban J connectivity index is 1.92. The molecular formula is C13H23N3O3. The van der Waals surface area contributed by atoms with E-state index >= 15 is 0 Å². The lowest BCUT2D eigenvalue weighted by molar-refractivity contribution is 0.143. The van der Waals surface area contributed by atoms with Crippen molar-refractivity contribution >= 4 is 0 Å². The number of methoxy groups -OCH3 is 1. The summed E-state index contributed by atoms with van der Waals surface area (Å²) in [4.78, 5) is 4.29. The summed E-state index contributed by atoms with van der Waals surface area (Å²) in [6, 6.07) is 0.321. The van der Waals surface area contributed by atoms with Gasteiger partial charge in [-0.3, -0.25) is 0 Å². The van der Waals surface area contributed by atoms with Gasteiger partial charge in [-0.15, -0.1) is 0 Å². The first-order valence-corrected chi connectivity index (χ1v) is 6.93. The van der Waals surface area contributed by atoms with E-state index in [1.54, 1.807) is 7.11 Å². The van der Waals surface area contributed by atoms with Crippen molar-refractivity contribution in [2.24, 2.45) is 5.92 Å². The van der Waals surface area contributed by atoms with Gasteiger partial charge < -0.3 is 19.7 Å². The first-order valence-electron chi connectivity index (χ1n) is 6.93. The van der Waals surface area contributed by atoms with Gasteiger partial charge in [0.05, 0.1) is 6.04 Å². The molecule has 0 unspecified atom stereocenters. The fraction of sp³-hybridized carbons (Fsp3) is 0.846. The third-order valence-electron chi connectivity index (χ3n) is 3.74. The van der Waals surface area contributed by atoms with E-state index in [4.69, 9.17) is 9.26 Å². The topological polar surface area (TPSA) is 80.4 Å². The Kier molecular flexibility index (Phi) is 5.30. The van der Waals surface area contributed by atoms with Crippen molar-refractivity contribution in [1.82, 2.24) is 15.5 Å². The molecule has 0 amide bonds. The molecule has 3 atom stereocenters. The van der Waals surface area contributed by atoms with E-state index in [-0.39, 0.29) is 12.6 Å². The average Bonchev–Trinajstić information content (AvgIpc) is 2.88. The molecule has 19 heavy (non-hydrogen) atoms. The quantitative estimate of drug-likeness (QED) is 0.813. The van der Waals surface area contributed by atoms with Crippen molar-refractivity contribution in [2.45, 2.75) is 51.3 Å². The van der Waals surface area contributed by atoms with Gasteiger partial charge in [-0.05, 0) is 25.7 Å². The van der Waals surface area contributed by atoms with Crippen molar-refractivity contribution < 1.29 is 14.4 Å². The Morgan fingerprint density at radius 2 is 2.26 bits per heavy atom. The maximum atomic E-state index is 9.41. The molecule has 1 aromatic heterocycles. The van der Waals surface area contributed by atoms with Crippen molar-refractivity contribution in [3.8, 4) is 0 Å². The van der Waals surface area contributed by atoms with E-state index in [0.717, 1.165) is 12.8 Å². The van der Waals surface area contributed by atoms with Crippen molar-refractivity contribution in [1.29, 1.82) is 0 Å². The van der Waals surface area contributed by atoms with Crippen LogP contribution in [0.3, 0.4) is 0 Å². The summed E-state index contributed by atoms with van der Waals surface area (Å²) < 4.78 is 10.2. The van der Waals surface area contributed by atoms with Crippen LogP contribution in [-0.4, -0.2) is 35.0 Å². The zero-order chi connectivity index (χ0) is 13.7. The van der Waals surface area contributed by atoms with Crippen molar-refractivity contribution in [3.05, 3.63) is 11.7 Å². The van der Waals surface area contributed by atoms with Gasteiger partial charge in [0, 0.05) is 19.8 Å². The molecule has 1 aliphatic carbocycles. The number of aliphatic hydroxyl groups excluding tert-OH is 1. The molecule has 6 nitrogen and oxygen atoms in total. The molecule has 0 aliphatic heterocycles. The monoisotopic (exact) mass is 269 g/mol. The Labute approximate surface area is 113 Å². The highest BCUT2D eigenvalue weighted by molar-refractivity contribution is 4.93. The number of ether oxygens (including phenoxy) is 1. The number of aliphatic hydroxyl groups is 1. The van der Waals surface area contributed by atoms with Crippen LogP contribution in [0.15, 0.2) is 4.52 Å². The second kappa shape index (κ2) is 6.98. The zero-order valence-electron chi connectivity index (χ0n) is 11.6. The molecule has 2 N–H and O–H groups in total. The number of nitrogens with zero attached hydrogens (tertiary/aromatic N) is 2. The first kappa shape index (κ1) is 14.4. The predicted molar refractivity (Wildman–Crippen MR) is 69.4 cm³/mol. The number of nitrogens with one attached hydrogen (secondary N) is 1. The second-order valence-electron chi connectivity index (χ2n) is 5.20. The Hall–Kier alpha value is -0.980. The summed E-state index contributed by atoms with van der Waals surface area (Å²) in [6.45, 7) is 2.61. The molecule has 0 bridgehead atoms. The molecule has 1 fully saturated rings. The van der Waals surface area contributed by atoms with Crippen LogP contribution in [0.5, 0.6) is 0 Å². The average molecular weight is 269 g/mol. The predicted octanol–water partition coefficient (Wildman–Crippen LogP) is 1.42.